The lowest BCUT2D eigenvalue weighted by atomic mass is 10.1. The molecular formula is C21H20N2O4S. The number of hydrogen-bond donors (Lipinski definition) is 1. The maximum Gasteiger partial charge on any atom is 0.358 e. The second kappa shape index (κ2) is 9.66. The van der Waals surface area contributed by atoms with Crippen molar-refractivity contribution >= 4 is 23.2 Å². The van der Waals surface area contributed by atoms with Gasteiger partial charge in [-0.05, 0) is 36.2 Å². The molecule has 28 heavy (non-hydrogen) atoms. The number of hydrogen-bond acceptors (Lipinski definition) is 6. The van der Waals surface area contributed by atoms with Crippen molar-refractivity contribution in [2.24, 2.45) is 0 Å². The first-order valence-electron chi connectivity index (χ1n) is 8.73. The Balaban J connectivity index is 1.45. The van der Waals surface area contributed by atoms with Gasteiger partial charge in [0.05, 0.1) is 7.11 Å². The van der Waals surface area contributed by atoms with Gasteiger partial charge in [-0.3, -0.25) is 4.79 Å². The van der Waals surface area contributed by atoms with Crippen molar-refractivity contribution in [2.75, 3.05) is 20.3 Å². The molecule has 0 aliphatic carbocycles. The van der Waals surface area contributed by atoms with Gasteiger partial charge < -0.3 is 14.8 Å². The summed E-state index contributed by atoms with van der Waals surface area (Å²) in [5, 5.41) is 5.05. The molecule has 3 aromatic rings. The summed E-state index contributed by atoms with van der Waals surface area (Å²) >= 11 is 1.34. The largest absolute Gasteiger partial charge is 0.497 e. The predicted octanol–water partition coefficient (Wildman–Crippen LogP) is 3.33. The normalized spacial score (nSPS) is 10.3. The van der Waals surface area contributed by atoms with Gasteiger partial charge in [-0.25, -0.2) is 9.78 Å². The minimum atomic E-state index is -0.616. The third-order valence-electron chi connectivity index (χ3n) is 3.96. The van der Waals surface area contributed by atoms with Crippen LogP contribution in [0.5, 0.6) is 5.75 Å². The number of rotatable bonds is 8. The summed E-state index contributed by atoms with van der Waals surface area (Å²) < 4.78 is 10.2. The van der Waals surface area contributed by atoms with E-state index in [4.69, 9.17) is 9.47 Å². The van der Waals surface area contributed by atoms with Crippen LogP contribution >= 0.6 is 11.3 Å². The molecule has 0 atom stereocenters. The molecule has 1 heterocycles. The highest BCUT2D eigenvalue weighted by atomic mass is 32.1. The molecule has 6 nitrogen and oxygen atoms in total. The summed E-state index contributed by atoms with van der Waals surface area (Å²) in [6, 6.07) is 17.2. The molecule has 0 saturated carbocycles. The van der Waals surface area contributed by atoms with Crippen molar-refractivity contribution in [2.45, 2.75) is 6.42 Å². The summed E-state index contributed by atoms with van der Waals surface area (Å²) in [5.74, 6) is -0.206. The van der Waals surface area contributed by atoms with Gasteiger partial charge >= 0.3 is 5.97 Å². The first-order chi connectivity index (χ1) is 13.7. The number of benzene rings is 2. The molecule has 7 heteroatoms. The van der Waals surface area contributed by atoms with Crippen LogP contribution in [0.4, 0.5) is 0 Å². The topological polar surface area (TPSA) is 77.5 Å². The van der Waals surface area contributed by atoms with Crippen LogP contribution in [0.2, 0.25) is 0 Å². The van der Waals surface area contributed by atoms with Crippen molar-refractivity contribution in [1.82, 2.24) is 10.3 Å². The van der Waals surface area contributed by atoms with Crippen LogP contribution in [-0.4, -0.2) is 37.1 Å². The average Bonchev–Trinajstić information content (AvgIpc) is 3.23. The average molecular weight is 396 g/mol. The van der Waals surface area contributed by atoms with Gasteiger partial charge in [-0.1, -0.05) is 30.3 Å². The third-order valence-corrected chi connectivity index (χ3v) is 4.85. The van der Waals surface area contributed by atoms with Gasteiger partial charge in [0.1, 0.15) is 10.8 Å². The maximum absolute atomic E-state index is 12.1. The highest BCUT2D eigenvalue weighted by Gasteiger charge is 2.15. The summed E-state index contributed by atoms with van der Waals surface area (Å²) in [6.45, 7) is 0.154. The van der Waals surface area contributed by atoms with E-state index in [9.17, 15) is 9.59 Å². The minimum Gasteiger partial charge on any atom is -0.497 e. The molecule has 1 N–H and O–H groups in total. The fraction of sp³-hybridized carbons (Fsp3) is 0.190. The Morgan fingerprint density at radius 1 is 1.07 bits per heavy atom. The monoisotopic (exact) mass is 396 g/mol. The number of carbonyl (C=O) groups is 2. The summed E-state index contributed by atoms with van der Waals surface area (Å²) in [4.78, 5) is 28.2. The van der Waals surface area contributed by atoms with Crippen molar-refractivity contribution < 1.29 is 19.1 Å². The molecule has 3 rings (SSSR count). The Labute approximate surface area is 167 Å². The van der Waals surface area contributed by atoms with E-state index >= 15 is 0 Å². The van der Waals surface area contributed by atoms with Gasteiger partial charge in [-0.15, -0.1) is 11.3 Å². The minimum absolute atomic E-state index is 0.188. The van der Waals surface area contributed by atoms with E-state index in [0.717, 1.165) is 23.3 Å². The van der Waals surface area contributed by atoms with Crippen LogP contribution in [0.25, 0.3) is 10.6 Å². The second-order valence-electron chi connectivity index (χ2n) is 5.93. The number of esters is 1. The lowest BCUT2D eigenvalue weighted by Crippen LogP contribution is -2.30. The number of amides is 1. The first-order valence-corrected chi connectivity index (χ1v) is 9.61. The number of aromatic nitrogens is 1. The van der Waals surface area contributed by atoms with E-state index in [2.05, 4.69) is 10.3 Å². The van der Waals surface area contributed by atoms with E-state index in [1.807, 2.05) is 54.6 Å². The van der Waals surface area contributed by atoms with E-state index in [0.29, 0.717) is 11.6 Å². The zero-order valence-corrected chi connectivity index (χ0v) is 16.2. The van der Waals surface area contributed by atoms with Gasteiger partial charge in [0, 0.05) is 17.5 Å². The summed E-state index contributed by atoms with van der Waals surface area (Å²) in [6.07, 6.45) is 0.720. The number of thiazole rings is 1. The number of methoxy groups -OCH3 is 1. The first kappa shape index (κ1) is 19.6. The van der Waals surface area contributed by atoms with Crippen molar-refractivity contribution in [3.63, 3.8) is 0 Å². The van der Waals surface area contributed by atoms with Crippen LogP contribution in [0.15, 0.2) is 60.0 Å². The van der Waals surface area contributed by atoms with E-state index in [1.165, 1.54) is 11.3 Å². The molecule has 0 saturated heterocycles. The van der Waals surface area contributed by atoms with Gasteiger partial charge in [-0.2, -0.15) is 0 Å². The molecule has 144 valence electrons. The van der Waals surface area contributed by atoms with Gasteiger partial charge in [0.2, 0.25) is 0 Å². The zero-order chi connectivity index (χ0) is 19.8. The van der Waals surface area contributed by atoms with Crippen LogP contribution in [0, 0.1) is 0 Å². The molecule has 2 aromatic carbocycles. The fourth-order valence-electron chi connectivity index (χ4n) is 2.48. The Bertz CT molecular complexity index is 923. The fourth-order valence-corrected chi connectivity index (χ4v) is 3.28. The maximum atomic E-state index is 12.1. The van der Waals surface area contributed by atoms with Crippen LogP contribution in [0.1, 0.15) is 16.1 Å². The van der Waals surface area contributed by atoms with Crippen LogP contribution in [0.3, 0.4) is 0 Å². The summed E-state index contributed by atoms with van der Waals surface area (Å²) in [5.41, 5.74) is 2.20. The molecule has 1 aromatic heterocycles. The highest BCUT2D eigenvalue weighted by molar-refractivity contribution is 7.13. The molecule has 0 unspecified atom stereocenters. The third kappa shape index (κ3) is 5.40. The number of nitrogens with one attached hydrogen (secondary N) is 1. The molecule has 0 aliphatic rings. The smallest absolute Gasteiger partial charge is 0.358 e. The Hall–Kier alpha value is -3.19. The van der Waals surface area contributed by atoms with Crippen LogP contribution in [-0.2, 0) is 16.0 Å². The standard InChI is InChI=1S/C21H20N2O4S/c1-26-17-9-7-16(8-10-17)20-23-18(14-28-20)21(25)27-13-19(24)22-12-11-15-5-3-2-4-6-15/h2-10,14H,11-13H2,1H3,(H,22,24). The van der Waals surface area contributed by atoms with Crippen molar-refractivity contribution in [3.8, 4) is 16.3 Å². The Morgan fingerprint density at radius 2 is 1.82 bits per heavy atom. The molecule has 0 radical (unpaired) electrons. The van der Waals surface area contributed by atoms with Crippen molar-refractivity contribution in [1.29, 1.82) is 0 Å². The molecule has 0 fully saturated rings. The SMILES string of the molecule is COc1ccc(-c2nc(C(=O)OCC(=O)NCCc3ccccc3)cs2)cc1. The molecule has 0 spiro atoms. The number of carbonyl (C=O) groups excluding carboxylic acids is 2. The number of ether oxygens (including phenoxy) is 2. The predicted molar refractivity (Wildman–Crippen MR) is 108 cm³/mol. The van der Waals surface area contributed by atoms with E-state index in [1.54, 1.807) is 12.5 Å². The van der Waals surface area contributed by atoms with Gasteiger partial charge in [0.15, 0.2) is 12.3 Å². The molecule has 0 aliphatic heterocycles. The van der Waals surface area contributed by atoms with Crippen molar-refractivity contribution in [3.05, 3.63) is 71.2 Å². The quantitative estimate of drug-likeness (QED) is 0.591. The van der Waals surface area contributed by atoms with Gasteiger partial charge in [0.25, 0.3) is 5.91 Å². The van der Waals surface area contributed by atoms with Crippen LogP contribution < -0.4 is 10.1 Å². The Morgan fingerprint density at radius 3 is 2.54 bits per heavy atom. The zero-order valence-electron chi connectivity index (χ0n) is 15.4. The molecular weight excluding hydrogens is 376 g/mol. The Kier molecular flexibility index (Phi) is 6.75. The summed E-state index contributed by atoms with van der Waals surface area (Å²) in [7, 11) is 1.60. The highest BCUT2D eigenvalue weighted by Crippen LogP contribution is 2.25. The van der Waals surface area contributed by atoms with E-state index in [-0.39, 0.29) is 18.2 Å². The molecule has 0 bridgehead atoms. The lowest BCUT2D eigenvalue weighted by Gasteiger charge is -2.06. The molecule has 1 amide bonds. The second-order valence-corrected chi connectivity index (χ2v) is 6.79. The lowest BCUT2D eigenvalue weighted by molar-refractivity contribution is -0.124. The number of nitrogens with zero attached hydrogens (tertiary/aromatic N) is 1. The van der Waals surface area contributed by atoms with E-state index < -0.39 is 5.97 Å².